The molecule has 0 atom stereocenters. The number of hydrogen-bond donors (Lipinski definition) is 0. The molecule has 0 N–H and O–H groups in total. The summed E-state index contributed by atoms with van der Waals surface area (Å²) < 4.78 is 7.95. The highest BCUT2D eigenvalue weighted by Gasteiger charge is 2.19. The summed E-state index contributed by atoms with van der Waals surface area (Å²) >= 11 is 0. The summed E-state index contributed by atoms with van der Waals surface area (Å²) in [6, 6.07) is 7.65. The maximum atomic E-state index is 12.7. The average molecular weight is 402 g/mol. The maximum Gasteiger partial charge on any atom is 0.289 e. The van der Waals surface area contributed by atoms with E-state index in [0.29, 0.717) is 25.3 Å². The van der Waals surface area contributed by atoms with Gasteiger partial charge in [-0.15, -0.1) is 0 Å². The highest BCUT2D eigenvalue weighted by atomic mass is 16.4. The van der Waals surface area contributed by atoms with Crippen molar-refractivity contribution in [2.45, 2.75) is 66.5 Å². The summed E-state index contributed by atoms with van der Waals surface area (Å²) in [5, 5.41) is 0. The molecule has 0 saturated carbocycles. The van der Waals surface area contributed by atoms with Crippen molar-refractivity contribution in [2.24, 2.45) is 0 Å². The van der Waals surface area contributed by atoms with Crippen molar-refractivity contribution in [3.05, 3.63) is 47.7 Å². The van der Waals surface area contributed by atoms with Crippen molar-refractivity contribution < 1.29 is 14.0 Å². The molecular formula is C23H35N3O3. The highest BCUT2D eigenvalue weighted by molar-refractivity contribution is 5.91. The molecule has 2 aromatic rings. The van der Waals surface area contributed by atoms with Crippen molar-refractivity contribution in [1.29, 1.82) is 0 Å². The second-order valence-corrected chi connectivity index (χ2v) is 7.35. The lowest BCUT2D eigenvalue weighted by Gasteiger charge is -2.22. The molecule has 0 aliphatic heterocycles. The van der Waals surface area contributed by atoms with Gasteiger partial charge in [0.1, 0.15) is 5.76 Å². The lowest BCUT2D eigenvalue weighted by molar-refractivity contribution is -0.131. The Morgan fingerprint density at radius 2 is 1.59 bits per heavy atom. The minimum atomic E-state index is -0.0460. The third-order valence-corrected chi connectivity index (χ3v) is 4.90. The zero-order chi connectivity index (χ0) is 21.2. The van der Waals surface area contributed by atoms with Crippen molar-refractivity contribution >= 4 is 11.8 Å². The van der Waals surface area contributed by atoms with Gasteiger partial charge in [0.15, 0.2) is 5.76 Å². The number of carbonyl (C=O) groups is 2. The summed E-state index contributed by atoms with van der Waals surface area (Å²) in [4.78, 5) is 28.7. The van der Waals surface area contributed by atoms with Gasteiger partial charge in [0.25, 0.3) is 5.91 Å². The summed E-state index contributed by atoms with van der Waals surface area (Å²) in [6.45, 7) is 11.5. The monoisotopic (exact) mass is 401 g/mol. The minimum absolute atomic E-state index is 0.0460. The zero-order valence-corrected chi connectivity index (χ0v) is 18.3. The molecule has 6 nitrogen and oxygen atoms in total. The molecular weight excluding hydrogens is 366 g/mol. The largest absolute Gasteiger partial charge is 0.454 e. The van der Waals surface area contributed by atoms with Crippen LogP contribution < -0.4 is 0 Å². The second kappa shape index (κ2) is 11.5. The van der Waals surface area contributed by atoms with Crippen LogP contribution in [0.4, 0.5) is 0 Å². The summed E-state index contributed by atoms with van der Waals surface area (Å²) in [7, 11) is 0. The molecule has 0 spiro atoms. The van der Waals surface area contributed by atoms with Gasteiger partial charge >= 0.3 is 0 Å². The van der Waals surface area contributed by atoms with Gasteiger partial charge in [-0.1, -0.05) is 27.7 Å². The van der Waals surface area contributed by atoms with E-state index in [0.717, 1.165) is 50.4 Å². The third-order valence-electron chi connectivity index (χ3n) is 4.90. The standard InChI is InChI=1S/C23H35N3O3/c1-5-13-24(14-6-2)23(28)21-12-11-20(29-21)18-25-16-9-10-19(25)17-26(15-7-3)22(27)8-4/h9-12,16H,5-8,13-15,17-18H2,1-4H3. The first-order valence-corrected chi connectivity index (χ1v) is 10.8. The van der Waals surface area contributed by atoms with Crippen LogP contribution in [-0.4, -0.2) is 45.8 Å². The molecule has 0 unspecified atom stereocenters. The molecule has 0 aliphatic rings. The highest BCUT2D eigenvalue weighted by Crippen LogP contribution is 2.16. The number of carbonyl (C=O) groups excluding carboxylic acids is 2. The Labute approximate surface area is 174 Å². The van der Waals surface area contributed by atoms with Gasteiger partial charge in [-0.05, 0) is 43.5 Å². The number of rotatable bonds is 12. The van der Waals surface area contributed by atoms with E-state index >= 15 is 0 Å². The van der Waals surface area contributed by atoms with Crippen LogP contribution in [0.5, 0.6) is 0 Å². The number of furan rings is 1. The molecule has 2 amide bonds. The lowest BCUT2D eigenvalue weighted by atomic mass is 10.3. The van der Waals surface area contributed by atoms with Crippen LogP contribution in [0.15, 0.2) is 34.9 Å². The Morgan fingerprint density at radius 1 is 0.931 bits per heavy atom. The fourth-order valence-electron chi connectivity index (χ4n) is 3.48. The second-order valence-electron chi connectivity index (χ2n) is 7.35. The van der Waals surface area contributed by atoms with Crippen molar-refractivity contribution in [1.82, 2.24) is 14.4 Å². The fourth-order valence-corrected chi connectivity index (χ4v) is 3.48. The average Bonchev–Trinajstić information content (AvgIpc) is 3.36. The summed E-state index contributed by atoms with van der Waals surface area (Å²) in [5.41, 5.74) is 1.06. The molecule has 0 fully saturated rings. The molecule has 0 aromatic carbocycles. The summed E-state index contributed by atoms with van der Waals surface area (Å²) in [6.07, 6.45) is 5.28. The topological polar surface area (TPSA) is 58.7 Å². The van der Waals surface area contributed by atoms with E-state index < -0.39 is 0 Å². The van der Waals surface area contributed by atoms with E-state index in [-0.39, 0.29) is 11.8 Å². The molecule has 29 heavy (non-hydrogen) atoms. The van der Waals surface area contributed by atoms with Crippen molar-refractivity contribution in [3.8, 4) is 0 Å². The van der Waals surface area contributed by atoms with E-state index in [2.05, 4.69) is 25.3 Å². The van der Waals surface area contributed by atoms with Crippen LogP contribution in [0.25, 0.3) is 0 Å². The third kappa shape index (κ3) is 6.24. The molecule has 2 heterocycles. The van der Waals surface area contributed by atoms with Gasteiger partial charge in [0.05, 0.1) is 13.1 Å². The van der Waals surface area contributed by atoms with Crippen LogP contribution >= 0.6 is 0 Å². The molecule has 2 aromatic heterocycles. The van der Waals surface area contributed by atoms with Gasteiger partial charge < -0.3 is 18.8 Å². The van der Waals surface area contributed by atoms with Crippen LogP contribution in [-0.2, 0) is 17.9 Å². The van der Waals surface area contributed by atoms with Gasteiger partial charge in [0, 0.05) is 37.9 Å². The Balaban J connectivity index is 2.09. The summed E-state index contributed by atoms with van der Waals surface area (Å²) in [5.74, 6) is 1.25. The Kier molecular flexibility index (Phi) is 9.03. The van der Waals surface area contributed by atoms with Gasteiger partial charge in [-0.2, -0.15) is 0 Å². The number of nitrogens with zero attached hydrogens (tertiary/aromatic N) is 3. The molecule has 6 heteroatoms. The zero-order valence-electron chi connectivity index (χ0n) is 18.3. The molecule has 0 bridgehead atoms. The molecule has 0 aliphatic carbocycles. The van der Waals surface area contributed by atoms with Crippen LogP contribution in [0.3, 0.4) is 0 Å². The van der Waals surface area contributed by atoms with E-state index in [1.54, 1.807) is 6.07 Å². The van der Waals surface area contributed by atoms with E-state index in [1.807, 2.05) is 41.1 Å². The smallest absolute Gasteiger partial charge is 0.289 e. The van der Waals surface area contributed by atoms with Crippen LogP contribution in [0.2, 0.25) is 0 Å². The Hall–Kier alpha value is -2.50. The first-order chi connectivity index (χ1) is 14.0. The molecule has 160 valence electrons. The maximum absolute atomic E-state index is 12.7. The van der Waals surface area contributed by atoms with Gasteiger partial charge in [0.2, 0.25) is 5.91 Å². The molecule has 2 rings (SSSR count). The fraction of sp³-hybridized carbons (Fsp3) is 0.565. The van der Waals surface area contributed by atoms with Gasteiger partial charge in [-0.25, -0.2) is 0 Å². The predicted molar refractivity (Wildman–Crippen MR) is 115 cm³/mol. The first-order valence-electron chi connectivity index (χ1n) is 10.8. The Bertz CT molecular complexity index is 772. The first kappa shape index (κ1) is 22.8. The number of hydrogen-bond acceptors (Lipinski definition) is 3. The Morgan fingerprint density at radius 3 is 2.21 bits per heavy atom. The van der Waals surface area contributed by atoms with Crippen molar-refractivity contribution in [3.63, 3.8) is 0 Å². The van der Waals surface area contributed by atoms with Gasteiger partial charge in [-0.3, -0.25) is 9.59 Å². The minimum Gasteiger partial charge on any atom is -0.454 e. The lowest BCUT2D eigenvalue weighted by Crippen LogP contribution is -2.32. The van der Waals surface area contributed by atoms with Crippen molar-refractivity contribution in [2.75, 3.05) is 19.6 Å². The van der Waals surface area contributed by atoms with E-state index in [4.69, 9.17) is 4.42 Å². The van der Waals surface area contributed by atoms with E-state index in [1.165, 1.54) is 0 Å². The number of aromatic nitrogens is 1. The normalized spacial score (nSPS) is 10.9. The number of amides is 2. The predicted octanol–water partition coefficient (Wildman–Crippen LogP) is 4.54. The van der Waals surface area contributed by atoms with E-state index in [9.17, 15) is 9.59 Å². The quantitative estimate of drug-likeness (QED) is 0.525. The molecule has 0 saturated heterocycles. The van der Waals surface area contributed by atoms with Crippen LogP contribution in [0, 0.1) is 0 Å². The molecule has 0 radical (unpaired) electrons. The SMILES string of the molecule is CCCN(Cc1cccn1Cc1ccc(C(=O)N(CCC)CCC)o1)C(=O)CC. The van der Waals surface area contributed by atoms with Crippen LogP contribution in [0.1, 0.15) is 75.4 Å².